The number of nitrogens with two attached hydrogens (primary N) is 1. The predicted octanol–water partition coefficient (Wildman–Crippen LogP) is 5.30. The highest BCUT2D eigenvalue weighted by atomic mass is 19.4. The van der Waals surface area contributed by atoms with Crippen molar-refractivity contribution in [2.45, 2.75) is 38.0 Å². The zero-order valence-electron chi connectivity index (χ0n) is 22.1. The first-order valence-corrected chi connectivity index (χ1v) is 12.9. The number of carbonyl (C=O) groups is 2. The lowest BCUT2D eigenvalue weighted by Gasteiger charge is -2.19. The number of aliphatic hydroxyl groups is 1. The number of halogens is 3. The topological polar surface area (TPSA) is 123 Å². The number of nitrogen functional groups attached to an aromatic ring is 1. The predicted molar refractivity (Wildman–Crippen MR) is 147 cm³/mol. The number of ketones is 1. The number of likely N-dealkylation sites (tertiary alicyclic amines) is 1. The summed E-state index contributed by atoms with van der Waals surface area (Å²) in [5.74, 6) is 0.0720. The van der Waals surface area contributed by atoms with E-state index in [2.05, 4.69) is 9.97 Å². The molecule has 8 nitrogen and oxygen atoms in total. The molecule has 4 heterocycles. The Labute approximate surface area is 233 Å². The summed E-state index contributed by atoms with van der Waals surface area (Å²) >= 11 is 0. The van der Waals surface area contributed by atoms with Crippen LogP contribution >= 0.6 is 0 Å². The Balaban J connectivity index is 1.34. The van der Waals surface area contributed by atoms with E-state index < -0.39 is 17.3 Å². The van der Waals surface area contributed by atoms with Crippen molar-refractivity contribution in [2.75, 3.05) is 18.8 Å². The fourth-order valence-electron chi connectivity index (χ4n) is 4.71. The number of pyridine rings is 2. The number of alkyl halides is 3. The molecule has 3 N–H and O–H groups in total. The van der Waals surface area contributed by atoms with E-state index in [1.54, 1.807) is 25.1 Å². The minimum Gasteiger partial charge on any atom is -0.460 e. The molecule has 5 rings (SSSR count). The number of allylic oxidation sites excluding steroid dienone is 1. The van der Waals surface area contributed by atoms with Crippen LogP contribution in [-0.4, -0.2) is 50.4 Å². The normalized spacial score (nSPS) is 17.5. The largest absolute Gasteiger partial charge is 0.460 e. The third kappa shape index (κ3) is 6.46. The molecule has 0 bridgehead atoms. The minimum absolute atomic E-state index is 0.0381. The number of amides is 1. The van der Waals surface area contributed by atoms with Crippen LogP contribution in [0.3, 0.4) is 0 Å². The van der Waals surface area contributed by atoms with Gasteiger partial charge in [-0.1, -0.05) is 0 Å². The molecule has 212 valence electrons. The lowest BCUT2D eigenvalue weighted by Crippen LogP contribution is -2.33. The van der Waals surface area contributed by atoms with Gasteiger partial charge in [0.15, 0.2) is 5.78 Å². The van der Waals surface area contributed by atoms with E-state index in [1.165, 1.54) is 47.6 Å². The first-order valence-electron chi connectivity index (χ1n) is 12.9. The van der Waals surface area contributed by atoms with Crippen LogP contribution in [-0.2, 0) is 17.4 Å². The van der Waals surface area contributed by atoms with Crippen molar-refractivity contribution in [1.82, 2.24) is 14.9 Å². The van der Waals surface area contributed by atoms with Gasteiger partial charge in [-0.2, -0.15) is 13.2 Å². The monoisotopic (exact) mass is 564 g/mol. The van der Waals surface area contributed by atoms with Gasteiger partial charge in [-0.3, -0.25) is 14.6 Å². The van der Waals surface area contributed by atoms with Gasteiger partial charge < -0.3 is 20.2 Å². The van der Waals surface area contributed by atoms with Gasteiger partial charge >= 0.3 is 6.18 Å². The summed E-state index contributed by atoms with van der Waals surface area (Å²) in [5, 5.41) is 10.4. The Bertz CT molecular complexity index is 1620. The molecule has 0 saturated carbocycles. The quantitative estimate of drug-likeness (QED) is 0.292. The van der Waals surface area contributed by atoms with Crippen molar-refractivity contribution in [3.05, 3.63) is 83.4 Å². The molecule has 1 saturated heterocycles. The number of nitrogens with zero attached hydrogens (tertiary/aromatic N) is 3. The van der Waals surface area contributed by atoms with Crippen molar-refractivity contribution in [1.29, 1.82) is 0 Å². The molecule has 3 aromatic heterocycles. The summed E-state index contributed by atoms with van der Waals surface area (Å²) in [6.45, 7) is 2.27. The van der Waals surface area contributed by atoms with Crippen molar-refractivity contribution in [3.63, 3.8) is 0 Å². The number of carbonyl (C=O) groups excluding carboxylic acids is 2. The van der Waals surface area contributed by atoms with Crippen molar-refractivity contribution >= 4 is 34.6 Å². The van der Waals surface area contributed by atoms with Crippen molar-refractivity contribution in [2.24, 2.45) is 0 Å². The molecule has 1 unspecified atom stereocenters. The van der Waals surface area contributed by atoms with Crippen molar-refractivity contribution in [3.8, 4) is 11.3 Å². The van der Waals surface area contributed by atoms with E-state index >= 15 is 0 Å². The number of aromatic nitrogens is 2. The molecule has 0 radical (unpaired) electrons. The molecule has 4 aromatic rings. The highest BCUT2D eigenvalue weighted by molar-refractivity contribution is 5.95. The van der Waals surface area contributed by atoms with Crippen LogP contribution in [0.4, 0.5) is 19.0 Å². The summed E-state index contributed by atoms with van der Waals surface area (Å²) in [7, 11) is 0. The Morgan fingerprint density at radius 2 is 1.95 bits per heavy atom. The third-order valence-corrected chi connectivity index (χ3v) is 6.91. The van der Waals surface area contributed by atoms with Crippen LogP contribution in [0, 0.1) is 0 Å². The van der Waals surface area contributed by atoms with Crippen LogP contribution in [0.25, 0.3) is 28.3 Å². The number of hydrogen-bond acceptors (Lipinski definition) is 7. The molecule has 1 atom stereocenters. The molecular formula is C30H27F3N4O4. The highest BCUT2D eigenvalue weighted by Gasteiger charge is 2.36. The number of rotatable bonds is 7. The summed E-state index contributed by atoms with van der Waals surface area (Å²) in [5.41, 5.74) is 4.74. The number of aryl methyl sites for hydroxylation is 1. The Morgan fingerprint density at radius 1 is 1.15 bits per heavy atom. The van der Waals surface area contributed by atoms with E-state index in [0.717, 1.165) is 6.07 Å². The molecule has 0 spiro atoms. The van der Waals surface area contributed by atoms with Crippen molar-refractivity contribution < 1.29 is 32.3 Å². The fourth-order valence-corrected chi connectivity index (χ4v) is 4.71. The molecule has 1 aromatic carbocycles. The molecular weight excluding hydrogens is 537 g/mol. The van der Waals surface area contributed by atoms with E-state index in [0.29, 0.717) is 24.3 Å². The molecule has 1 amide bonds. The summed E-state index contributed by atoms with van der Waals surface area (Å²) in [4.78, 5) is 34.8. The number of benzene rings is 1. The number of β-amino-alcohol motifs (C(OH)–C–C–N with tert-alkyl or cyclic N) is 1. The summed E-state index contributed by atoms with van der Waals surface area (Å²) < 4.78 is 47.6. The average molecular weight is 565 g/mol. The first kappa shape index (κ1) is 28.0. The second-order valence-electron chi connectivity index (χ2n) is 10.4. The lowest BCUT2D eigenvalue weighted by atomic mass is 10.0. The first-order chi connectivity index (χ1) is 19.4. The van der Waals surface area contributed by atoms with E-state index in [1.807, 2.05) is 0 Å². The van der Waals surface area contributed by atoms with Crippen LogP contribution in [0.15, 0.2) is 65.4 Å². The Morgan fingerprint density at radius 3 is 2.59 bits per heavy atom. The van der Waals surface area contributed by atoms with Gasteiger partial charge in [0, 0.05) is 49.3 Å². The number of hydrogen-bond donors (Lipinski definition) is 2. The summed E-state index contributed by atoms with van der Waals surface area (Å²) in [6, 6.07) is 10.3. The highest BCUT2D eigenvalue weighted by Crippen LogP contribution is 2.39. The Kier molecular flexibility index (Phi) is 7.39. The lowest BCUT2D eigenvalue weighted by molar-refractivity contribution is -0.136. The Hall–Kier alpha value is -4.51. The molecule has 1 aliphatic heterocycles. The second-order valence-corrected chi connectivity index (χ2v) is 10.4. The molecule has 0 aliphatic carbocycles. The van der Waals surface area contributed by atoms with Gasteiger partial charge in [0.05, 0.1) is 22.4 Å². The summed E-state index contributed by atoms with van der Waals surface area (Å²) in [6.07, 6.45) is 1.72. The van der Waals surface area contributed by atoms with E-state index in [9.17, 15) is 27.9 Å². The van der Waals surface area contributed by atoms with Gasteiger partial charge in [0.2, 0.25) is 0 Å². The smallest absolute Gasteiger partial charge is 0.420 e. The third-order valence-electron chi connectivity index (χ3n) is 6.91. The molecule has 1 aliphatic rings. The van der Waals surface area contributed by atoms with Crippen LogP contribution in [0.5, 0.6) is 0 Å². The zero-order chi connectivity index (χ0) is 29.4. The molecule has 41 heavy (non-hydrogen) atoms. The number of fused-ring (bicyclic) bond motifs is 1. The minimum atomic E-state index is -4.70. The van der Waals surface area contributed by atoms with E-state index in [4.69, 9.17) is 10.2 Å². The van der Waals surface area contributed by atoms with Gasteiger partial charge in [-0.05, 0) is 73.5 Å². The van der Waals surface area contributed by atoms with Gasteiger partial charge in [0.1, 0.15) is 17.2 Å². The van der Waals surface area contributed by atoms with E-state index in [-0.39, 0.29) is 64.6 Å². The molecule has 1 fully saturated rings. The maximum absolute atomic E-state index is 14.0. The van der Waals surface area contributed by atoms with Crippen LogP contribution in [0.2, 0.25) is 0 Å². The standard InChI is InChI=1S/C30H27F3N4O4/c1-29(40)10-11-37(17-29)28(39)19-4-8-25(35-16-19)20-12-21-13-23(41-27(21)24(14-20)30(31,32)33)7-6-22(38)5-2-18-3-9-26(34)36-15-18/h2-5,8-9,12-16,40H,6-7,10-11,17H2,1H3,(H2,34,36)/b5-2+. The second kappa shape index (κ2) is 10.8. The maximum Gasteiger partial charge on any atom is 0.420 e. The number of furan rings is 1. The zero-order valence-corrected chi connectivity index (χ0v) is 22.1. The van der Waals surface area contributed by atoms with Gasteiger partial charge in [-0.25, -0.2) is 4.98 Å². The number of anilines is 1. The van der Waals surface area contributed by atoms with Crippen LogP contribution < -0.4 is 5.73 Å². The van der Waals surface area contributed by atoms with Gasteiger partial charge in [0.25, 0.3) is 5.91 Å². The SMILES string of the molecule is CC1(O)CCN(C(=O)c2ccc(-c3cc(C(F)(F)F)c4oc(CCC(=O)/C=C/c5ccc(N)nc5)cc4c3)nc2)C1. The van der Waals surface area contributed by atoms with Crippen LogP contribution in [0.1, 0.15) is 47.0 Å². The average Bonchev–Trinajstić information content (AvgIpc) is 3.52. The molecule has 11 heteroatoms. The maximum atomic E-state index is 14.0. The fraction of sp³-hybridized carbons (Fsp3) is 0.267. The van der Waals surface area contributed by atoms with Gasteiger partial charge in [-0.15, -0.1) is 0 Å².